The molecule has 0 unspecified atom stereocenters. The van der Waals surface area contributed by atoms with Crippen molar-refractivity contribution in [2.24, 2.45) is 0 Å². The molecular formula is C16H12ClN3O. The maximum Gasteiger partial charge on any atom is 0.255 e. The quantitative estimate of drug-likeness (QED) is 0.895. The Labute approximate surface area is 127 Å². The predicted molar refractivity (Wildman–Crippen MR) is 81.1 cm³/mol. The van der Waals surface area contributed by atoms with Crippen LogP contribution in [0.25, 0.3) is 0 Å². The first-order chi connectivity index (χ1) is 10.2. The number of benzene rings is 2. The van der Waals surface area contributed by atoms with Crippen molar-refractivity contribution in [1.82, 2.24) is 5.32 Å². The molecule has 1 amide bonds. The summed E-state index contributed by atoms with van der Waals surface area (Å²) in [6.07, 6.45) is 0. The Morgan fingerprint density at radius 2 is 2.00 bits per heavy atom. The van der Waals surface area contributed by atoms with Gasteiger partial charge in [-0.1, -0.05) is 17.7 Å². The summed E-state index contributed by atoms with van der Waals surface area (Å²) in [7, 11) is 0. The Balaban J connectivity index is 1.85. The number of carbonyl (C=O) groups excluding carboxylic acids is 1. The largest absolute Gasteiger partial charge is 0.321 e. The molecular weight excluding hydrogens is 286 g/mol. The summed E-state index contributed by atoms with van der Waals surface area (Å²) >= 11 is 6.04. The van der Waals surface area contributed by atoms with E-state index in [1.165, 1.54) is 5.56 Å². The normalized spacial score (nSPS) is 12.6. The van der Waals surface area contributed by atoms with Gasteiger partial charge >= 0.3 is 0 Å². The summed E-state index contributed by atoms with van der Waals surface area (Å²) < 4.78 is 0. The fraction of sp³-hybridized carbons (Fsp3) is 0.125. The number of hydrogen-bond acceptors (Lipinski definition) is 3. The van der Waals surface area contributed by atoms with Crippen molar-refractivity contribution in [2.45, 2.75) is 13.1 Å². The van der Waals surface area contributed by atoms with Gasteiger partial charge in [-0.05, 0) is 41.5 Å². The van der Waals surface area contributed by atoms with Crippen LogP contribution in [0.5, 0.6) is 0 Å². The fourth-order valence-corrected chi connectivity index (χ4v) is 2.49. The highest BCUT2D eigenvalue weighted by Crippen LogP contribution is 2.24. The SMILES string of the molecule is N#Cc1ccc(Cl)c(NC(=O)c2ccc3c(c2)CNC3)c1. The first-order valence-corrected chi connectivity index (χ1v) is 6.88. The van der Waals surface area contributed by atoms with Gasteiger partial charge < -0.3 is 10.6 Å². The number of hydrogen-bond donors (Lipinski definition) is 2. The van der Waals surface area contributed by atoms with Crippen LogP contribution in [0.4, 0.5) is 5.69 Å². The molecule has 3 rings (SSSR count). The second-order valence-corrected chi connectivity index (χ2v) is 5.25. The summed E-state index contributed by atoms with van der Waals surface area (Å²) in [6, 6.07) is 12.4. The summed E-state index contributed by atoms with van der Waals surface area (Å²) in [5, 5.41) is 15.3. The number of amides is 1. The summed E-state index contributed by atoms with van der Waals surface area (Å²) in [4.78, 5) is 12.3. The Morgan fingerprint density at radius 3 is 2.81 bits per heavy atom. The lowest BCUT2D eigenvalue weighted by Crippen LogP contribution is -2.12. The van der Waals surface area contributed by atoms with Gasteiger partial charge in [0, 0.05) is 18.7 Å². The molecule has 0 aliphatic carbocycles. The molecule has 104 valence electrons. The van der Waals surface area contributed by atoms with E-state index in [0.29, 0.717) is 21.8 Å². The minimum atomic E-state index is -0.235. The molecule has 0 saturated heterocycles. The van der Waals surface area contributed by atoms with Crippen LogP contribution in [0.3, 0.4) is 0 Å². The van der Waals surface area contributed by atoms with Crippen LogP contribution in [0.1, 0.15) is 27.0 Å². The van der Waals surface area contributed by atoms with E-state index in [-0.39, 0.29) is 5.91 Å². The Hall–Kier alpha value is -2.35. The average Bonchev–Trinajstić information content (AvgIpc) is 2.96. The van der Waals surface area contributed by atoms with E-state index < -0.39 is 0 Å². The van der Waals surface area contributed by atoms with E-state index in [1.54, 1.807) is 24.3 Å². The Bertz CT molecular complexity index is 765. The molecule has 2 N–H and O–H groups in total. The molecule has 0 bridgehead atoms. The second kappa shape index (κ2) is 5.57. The third-order valence-corrected chi connectivity index (χ3v) is 3.77. The third-order valence-electron chi connectivity index (χ3n) is 3.44. The number of nitrogens with zero attached hydrogens (tertiary/aromatic N) is 1. The first kappa shape index (κ1) is 13.6. The smallest absolute Gasteiger partial charge is 0.255 e. The zero-order valence-electron chi connectivity index (χ0n) is 11.1. The number of halogens is 1. The van der Waals surface area contributed by atoms with E-state index in [2.05, 4.69) is 10.6 Å². The van der Waals surface area contributed by atoms with Crippen LogP contribution >= 0.6 is 11.6 Å². The molecule has 1 aliphatic heterocycles. The van der Waals surface area contributed by atoms with Gasteiger partial charge in [-0.2, -0.15) is 5.26 Å². The maximum absolute atomic E-state index is 12.3. The van der Waals surface area contributed by atoms with Crippen LogP contribution in [-0.2, 0) is 13.1 Å². The van der Waals surface area contributed by atoms with Gasteiger partial charge in [0.1, 0.15) is 0 Å². The topological polar surface area (TPSA) is 64.9 Å². The van der Waals surface area contributed by atoms with Crippen molar-refractivity contribution in [1.29, 1.82) is 5.26 Å². The highest BCUT2D eigenvalue weighted by molar-refractivity contribution is 6.34. The minimum Gasteiger partial charge on any atom is -0.321 e. The molecule has 2 aromatic carbocycles. The average molecular weight is 298 g/mol. The molecule has 4 nitrogen and oxygen atoms in total. The van der Waals surface area contributed by atoms with Gasteiger partial charge in [0.2, 0.25) is 0 Å². The monoisotopic (exact) mass is 297 g/mol. The van der Waals surface area contributed by atoms with E-state index >= 15 is 0 Å². The first-order valence-electron chi connectivity index (χ1n) is 6.51. The molecule has 0 radical (unpaired) electrons. The number of carbonyl (C=O) groups is 1. The van der Waals surface area contributed by atoms with Gasteiger partial charge in [-0.25, -0.2) is 0 Å². The van der Waals surface area contributed by atoms with Crippen molar-refractivity contribution in [2.75, 3.05) is 5.32 Å². The summed E-state index contributed by atoms with van der Waals surface area (Å²) in [5.74, 6) is -0.235. The van der Waals surface area contributed by atoms with Crippen molar-refractivity contribution in [3.05, 3.63) is 63.7 Å². The second-order valence-electron chi connectivity index (χ2n) is 4.85. The standard InChI is InChI=1S/C16H12ClN3O/c17-14-4-1-10(7-18)5-15(14)20-16(21)11-2-3-12-8-19-9-13(12)6-11/h1-6,19H,8-9H2,(H,20,21). The lowest BCUT2D eigenvalue weighted by Gasteiger charge is -2.08. The maximum atomic E-state index is 12.3. The Morgan fingerprint density at radius 1 is 1.19 bits per heavy atom. The van der Waals surface area contributed by atoms with Gasteiger partial charge in [0.25, 0.3) is 5.91 Å². The van der Waals surface area contributed by atoms with Crippen LogP contribution in [0.2, 0.25) is 5.02 Å². The number of nitriles is 1. The molecule has 0 spiro atoms. The van der Waals surface area contributed by atoms with E-state index in [1.807, 2.05) is 18.2 Å². The molecule has 1 heterocycles. The number of fused-ring (bicyclic) bond motifs is 1. The highest BCUT2D eigenvalue weighted by atomic mass is 35.5. The molecule has 1 aliphatic rings. The zero-order chi connectivity index (χ0) is 14.8. The van der Waals surface area contributed by atoms with E-state index in [4.69, 9.17) is 16.9 Å². The van der Waals surface area contributed by atoms with Crippen molar-refractivity contribution in [3.63, 3.8) is 0 Å². The summed E-state index contributed by atoms with van der Waals surface area (Å²) in [6.45, 7) is 1.62. The van der Waals surface area contributed by atoms with Crippen molar-refractivity contribution >= 4 is 23.2 Å². The molecule has 2 aromatic rings. The molecule has 0 fully saturated rings. The number of nitrogens with one attached hydrogen (secondary N) is 2. The molecule has 21 heavy (non-hydrogen) atoms. The summed E-state index contributed by atoms with van der Waals surface area (Å²) in [5.41, 5.74) is 3.83. The van der Waals surface area contributed by atoms with Crippen LogP contribution in [0, 0.1) is 11.3 Å². The minimum absolute atomic E-state index is 0.235. The lowest BCUT2D eigenvalue weighted by atomic mass is 10.1. The lowest BCUT2D eigenvalue weighted by molar-refractivity contribution is 0.102. The van der Waals surface area contributed by atoms with Crippen LogP contribution in [-0.4, -0.2) is 5.91 Å². The van der Waals surface area contributed by atoms with Crippen molar-refractivity contribution < 1.29 is 4.79 Å². The van der Waals surface area contributed by atoms with Crippen LogP contribution in [0.15, 0.2) is 36.4 Å². The van der Waals surface area contributed by atoms with E-state index in [0.717, 1.165) is 18.7 Å². The Kier molecular flexibility index (Phi) is 3.61. The number of rotatable bonds is 2. The van der Waals surface area contributed by atoms with Crippen molar-refractivity contribution in [3.8, 4) is 6.07 Å². The highest BCUT2D eigenvalue weighted by Gasteiger charge is 2.14. The van der Waals surface area contributed by atoms with Gasteiger partial charge in [0.05, 0.1) is 22.3 Å². The number of anilines is 1. The van der Waals surface area contributed by atoms with Gasteiger partial charge in [0.15, 0.2) is 0 Å². The molecule has 0 aromatic heterocycles. The molecule has 0 saturated carbocycles. The zero-order valence-corrected chi connectivity index (χ0v) is 11.9. The molecule has 5 heteroatoms. The third kappa shape index (κ3) is 2.75. The van der Waals surface area contributed by atoms with Gasteiger partial charge in [-0.3, -0.25) is 4.79 Å². The fourth-order valence-electron chi connectivity index (χ4n) is 2.32. The molecule has 0 atom stereocenters. The van der Waals surface area contributed by atoms with Crippen LogP contribution < -0.4 is 10.6 Å². The van der Waals surface area contributed by atoms with Gasteiger partial charge in [-0.15, -0.1) is 0 Å². The predicted octanol–water partition coefficient (Wildman–Crippen LogP) is 3.07. The van der Waals surface area contributed by atoms with E-state index in [9.17, 15) is 4.79 Å².